The van der Waals surface area contributed by atoms with E-state index >= 15 is 0 Å². The number of benzene rings is 1. The molecule has 0 spiro atoms. The third-order valence-corrected chi connectivity index (χ3v) is 6.97. The minimum absolute atomic E-state index is 0.0494. The van der Waals surface area contributed by atoms with E-state index in [1.807, 2.05) is 6.07 Å². The maximum Gasteiger partial charge on any atom is 0.415 e. The van der Waals surface area contributed by atoms with Crippen molar-refractivity contribution in [2.75, 3.05) is 6.54 Å². The number of urea groups is 1. The Hall–Kier alpha value is -4.39. The van der Waals surface area contributed by atoms with Crippen LogP contribution in [0.2, 0.25) is 0 Å². The second kappa shape index (κ2) is 10.1. The number of rotatable bonds is 4. The van der Waals surface area contributed by atoms with E-state index < -0.39 is 41.6 Å². The predicted octanol–water partition coefficient (Wildman–Crippen LogP) is 4.00. The van der Waals surface area contributed by atoms with E-state index in [1.165, 1.54) is 23.5 Å². The Balaban J connectivity index is 1.47. The molecular weight excluding hydrogens is 527 g/mol. The van der Waals surface area contributed by atoms with Crippen molar-refractivity contribution in [1.82, 2.24) is 25.2 Å². The SMILES string of the molecule is CC(C)(C)OC(=O)NC(=O)N1CC(Oc2nc(-c3cccc(F)c3)nc3c2sc2ncccc23)CC1C(N)=O. The van der Waals surface area contributed by atoms with E-state index in [1.54, 1.807) is 45.2 Å². The van der Waals surface area contributed by atoms with Crippen molar-refractivity contribution in [3.8, 4) is 17.3 Å². The summed E-state index contributed by atoms with van der Waals surface area (Å²) >= 11 is 1.33. The lowest BCUT2D eigenvalue weighted by Gasteiger charge is -2.24. The average Bonchev–Trinajstić information content (AvgIpc) is 3.45. The topological polar surface area (TPSA) is 150 Å². The third kappa shape index (κ3) is 5.58. The summed E-state index contributed by atoms with van der Waals surface area (Å²) in [6.45, 7) is 4.93. The first-order chi connectivity index (χ1) is 18.5. The standard InChI is InChI=1S/C26H25FN6O5S/c1-26(2,3)38-25(36)32-24(35)33-12-15(11-17(33)20(28)34)37-22-19-18(16-8-5-9-29-23(16)39-19)30-21(31-22)13-6-4-7-14(27)10-13/h4-10,15,17H,11-12H2,1-3H3,(H2,28,34)(H,32,35,36). The van der Waals surface area contributed by atoms with Gasteiger partial charge in [0.05, 0.1) is 12.1 Å². The first-order valence-corrected chi connectivity index (χ1v) is 12.9. The number of nitrogens with zero attached hydrogens (tertiary/aromatic N) is 4. The number of aromatic nitrogens is 3. The van der Waals surface area contributed by atoms with Gasteiger partial charge in [-0.25, -0.2) is 29.3 Å². The molecule has 1 aliphatic rings. The molecule has 4 heterocycles. The molecule has 0 radical (unpaired) electrons. The van der Waals surface area contributed by atoms with Crippen LogP contribution in [-0.4, -0.2) is 62.2 Å². The average molecular weight is 553 g/mol. The van der Waals surface area contributed by atoms with Gasteiger partial charge >= 0.3 is 12.1 Å². The minimum atomic E-state index is -1.03. The highest BCUT2D eigenvalue weighted by atomic mass is 32.1. The first kappa shape index (κ1) is 26.2. The van der Waals surface area contributed by atoms with Crippen LogP contribution in [0.15, 0.2) is 42.6 Å². The molecule has 2 atom stereocenters. The van der Waals surface area contributed by atoms with E-state index in [2.05, 4.69) is 20.3 Å². The van der Waals surface area contributed by atoms with Crippen molar-refractivity contribution in [3.63, 3.8) is 0 Å². The van der Waals surface area contributed by atoms with Gasteiger partial charge in [0.25, 0.3) is 0 Å². The molecule has 2 unspecified atom stereocenters. The molecule has 39 heavy (non-hydrogen) atoms. The number of amides is 4. The lowest BCUT2D eigenvalue weighted by Crippen LogP contribution is -2.50. The molecule has 11 nitrogen and oxygen atoms in total. The number of pyridine rings is 1. The number of nitrogens with two attached hydrogens (primary N) is 1. The number of likely N-dealkylation sites (tertiary alicyclic amines) is 1. The van der Waals surface area contributed by atoms with Crippen molar-refractivity contribution in [3.05, 3.63) is 48.4 Å². The maximum atomic E-state index is 14.0. The van der Waals surface area contributed by atoms with Gasteiger partial charge in [0.1, 0.15) is 33.1 Å². The Morgan fingerprint density at radius 1 is 1.18 bits per heavy atom. The van der Waals surface area contributed by atoms with Crippen molar-refractivity contribution >= 4 is 49.8 Å². The van der Waals surface area contributed by atoms with Crippen LogP contribution in [0.4, 0.5) is 14.0 Å². The molecule has 4 aromatic rings. The quantitative estimate of drug-likeness (QED) is 0.386. The normalized spacial score (nSPS) is 17.4. The lowest BCUT2D eigenvalue weighted by atomic mass is 10.2. The van der Waals surface area contributed by atoms with E-state index in [9.17, 15) is 18.8 Å². The zero-order valence-corrected chi connectivity index (χ0v) is 22.1. The highest BCUT2D eigenvalue weighted by Crippen LogP contribution is 2.39. The summed E-state index contributed by atoms with van der Waals surface area (Å²) < 4.78 is 26.0. The Morgan fingerprint density at radius 2 is 1.97 bits per heavy atom. The molecule has 0 saturated carbocycles. The monoisotopic (exact) mass is 552 g/mol. The molecule has 202 valence electrons. The number of carbonyl (C=O) groups is 3. The van der Waals surface area contributed by atoms with Crippen LogP contribution in [0.5, 0.6) is 5.88 Å². The summed E-state index contributed by atoms with van der Waals surface area (Å²) in [7, 11) is 0. The summed E-state index contributed by atoms with van der Waals surface area (Å²) in [5, 5.41) is 2.91. The summed E-state index contributed by atoms with van der Waals surface area (Å²) in [5.74, 6) is -0.753. The Labute approximate surface area is 226 Å². The first-order valence-electron chi connectivity index (χ1n) is 12.1. The van der Waals surface area contributed by atoms with Gasteiger partial charge in [-0.15, -0.1) is 11.3 Å². The number of ether oxygens (including phenoxy) is 2. The third-order valence-electron chi connectivity index (χ3n) is 5.88. The van der Waals surface area contributed by atoms with E-state index in [-0.39, 0.29) is 24.7 Å². The van der Waals surface area contributed by atoms with Crippen molar-refractivity contribution in [1.29, 1.82) is 0 Å². The van der Waals surface area contributed by atoms with Gasteiger partial charge in [0.2, 0.25) is 11.8 Å². The van der Waals surface area contributed by atoms with Crippen LogP contribution in [-0.2, 0) is 9.53 Å². The molecule has 13 heteroatoms. The van der Waals surface area contributed by atoms with Gasteiger partial charge in [-0.3, -0.25) is 4.79 Å². The van der Waals surface area contributed by atoms with Crippen LogP contribution in [0, 0.1) is 5.82 Å². The molecule has 0 aliphatic carbocycles. The largest absolute Gasteiger partial charge is 0.471 e. The van der Waals surface area contributed by atoms with Crippen molar-refractivity contribution in [2.24, 2.45) is 5.73 Å². The van der Waals surface area contributed by atoms with Crippen molar-refractivity contribution in [2.45, 2.75) is 44.9 Å². The molecule has 1 fully saturated rings. The molecule has 3 N–H and O–H groups in total. The van der Waals surface area contributed by atoms with Crippen LogP contribution in [0.3, 0.4) is 0 Å². The highest BCUT2D eigenvalue weighted by Gasteiger charge is 2.41. The van der Waals surface area contributed by atoms with Crippen LogP contribution < -0.4 is 15.8 Å². The number of carbonyl (C=O) groups excluding carboxylic acids is 3. The van der Waals surface area contributed by atoms with E-state index in [4.69, 9.17) is 15.2 Å². The molecule has 5 rings (SSSR count). The van der Waals surface area contributed by atoms with Crippen LogP contribution in [0.1, 0.15) is 27.2 Å². The maximum absolute atomic E-state index is 14.0. The van der Waals surface area contributed by atoms with Gasteiger partial charge in [0, 0.05) is 23.6 Å². The second-order valence-corrected chi connectivity index (χ2v) is 11.0. The number of halogens is 1. The highest BCUT2D eigenvalue weighted by molar-refractivity contribution is 7.25. The van der Waals surface area contributed by atoms with Crippen LogP contribution in [0.25, 0.3) is 31.8 Å². The second-order valence-electron chi connectivity index (χ2n) is 9.98. The van der Waals surface area contributed by atoms with Gasteiger partial charge in [-0.1, -0.05) is 12.1 Å². The Bertz CT molecular complexity index is 1600. The molecule has 1 saturated heterocycles. The zero-order chi connectivity index (χ0) is 27.9. The predicted molar refractivity (Wildman–Crippen MR) is 142 cm³/mol. The lowest BCUT2D eigenvalue weighted by molar-refractivity contribution is -0.121. The molecule has 3 aromatic heterocycles. The number of fused-ring (bicyclic) bond motifs is 3. The van der Waals surface area contributed by atoms with E-state index in [0.717, 1.165) is 10.3 Å². The number of nitrogens with one attached hydrogen (secondary N) is 1. The van der Waals surface area contributed by atoms with E-state index in [0.29, 0.717) is 20.6 Å². The number of hydrogen-bond donors (Lipinski definition) is 2. The summed E-state index contributed by atoms with van der Waals surface area (Å²) in [6.07, 6.45) is 0.0917. The fourth-order valence-electron chi connectivity index (χ4n) is 4.29. The fraction of sp³-hybridized carbons (Fsp3) is 0.308. The minimum Gasteiger partial charge on any atom is -0.471 e. The zero-order valence-electron chi connectivity index (χ0n) is 21.3. The summed E-state index contributed by atoms with van der Waals surface area (Å²) in [5.41, 5.74) is 5.78. The Morgan fingerprint density at radius 3 is 2.69 bits per heavy atom. The van der Waals surface area contributed by atoms with Gasteiger partial charge in [0.15, 0.2) is 5.82 Å². The fourth-order valence-corrected chi connectivity index (χ4v) is 5.30. The number of thiophene rings is 1. The van der Waals surface area contributed by atoms with Gasteiger partial charge < -0.3 is 20.1 Å². The summed E-state index contributed by atoms with van der Waals surface area (Å²) in [4.78, 5) is 52.6. The van der Waals surface area contributed by atoms with Crippen molar-refractivity contribution < 1.29 is 28.2 Å². The molecule has 0 bridgehead atoms. The molecular formula is C26H25FN6O5S. The molecule has 1 aromatic carbocycles. The summed E-state index contributed by atoms with van der Waals surface area (Å²) in [6, 6.07) is 7.68. The smallest absolute Gasteiger partial charge is 0.415 e. The number of primary amides is 1. The number of hydrogen-bond acceptors (Lipinski definition) is 9. The van der Waals surface area contributed by atoms with Gasteiger partial charge in [-0.05, 0) is 45.0 Å². The molecule has 4 amide bonds. The number of alkyl carbamates (subject to hydrolysis) is 1. The number of imide groups is 1. The van der Waals surface area contributed by atoms with Gasteiger partial charge in [-0.2, -0.15) is 4.98 Å². The Kier molecular flexibility index (Phi) is 6.76. The molecule has 1 aliphatic heterocycles. The van der Waals surface area contributed by atoms with Crippen LogP contribution >= 0.6 is 11.3 Å².